The zero-order valence-electron chi connectivity index (χ0n) is 7.52. The number of aliphatic hydroxyl groups is 1. The molecule has 0 heterocycles. The molecule has 0 aliphatic rings. The van der Waals surface area contributed by atoms with Crippen LogP contribution in [0.5, 0.6) is 0 Å². The standard InChI is InChI=1S/C10H16O/c1-9(2)5-4-6-10(3)7-8-11/h5,8,11H,4,6H2,1-3H3. The lowest BCUT2D eigenvalue weighted by molar-refractivity contribution is 0.474. The van der Waals surface area contributed by atoms with E-state index in [1.54, 1.807) is 0 Å². The molecule has 11 heavy (non-hydrogen) atoms. The van der Waals surface area contributed by atoms with Crippen molar-refractivity contribution in [1.29, 1.82) is 0 Å². The maximum atomic E-state index is 8.37. The van der Waals surface area contributed by atoms with Gasteiger partial charge in [-0.25, -0.2) is 0 Å². The molecule has 0 amide bonds. The van der Waals surface area contributed by atoms with Gasteiger partial charge >= 0.3 is 0 Å². The van der Waals surface area contributed by atoms with E-state index in [1.165, 1.54) is 5.57 Å². The molecular weight excluding hydrogens is 136 g/mol. The lowest BCUT2D eigenvalue weighted by atomic mass is 10.1. The summed E-state index contributed by atoms with van der Waals surface area (Å²) < 4.78 is 0. The Hall–Kier alpha value is -0.940. The molecule has 1 nitrogen and oxygen atoms in total. The molecule has 0 radical (unpaired) electrons. The average Bonchev–Trinajstić information content (AvgIpc) is 1.87. The van der Waals surface area contributed by atoms with Crippen molar-refractivity contribution in [3.05, 3.63) is 29.2 Å². The maximum absolute atomic E-state index is 8.37. The Bertz CT molecular complexity index is 189. The van der Waals surface area contributed by atoms with Crippen molar-refractivity contribution in [3.8, 4) is 0 Å². The lowest BCUT2D eigenvalue weighted by Gasteiger charge is -1.93. The van der Waals surface area contributed by atoms with Crippen molar-refractivity contribution >= 4 is 0 Å². The van der Waals surface area contributed by atoms with Crippen LogP contribution in [0.25, 0.3) is 0 Å². The first kappa shape index (κ1) is 10.1. The van der Waals surface area contributed by atoms with Gasteiger partial charge in [0.15, 0.2) is 0 Å². The Kier molecular flexibility index (Phi) is 5.32. The Morgan fingerprint density at radius 1 is 1.36 bits per heavy atom. The van der Waals surface area contributed by atoms with Gasteiger partial charge in [0.2, 0.25) is 0 Å². The van der Waals surface area contributed by atoms with E-state index in [0.717, 1.165) is 24.7 Å². The minimum atomic E-state index is 0.970. The van der Waals surface area contributed by atoms with E-state index in [9.17, 15) is 0 Å². The van der Waals surface area contributed by atoms with E-state index in [-0.39, 0.29) is 0 Å². The minimum Gasteiger partial charge on any atom is -0.507 e. The first-order chi connectivity index (χ1) is 5.16. The minimum absolute atomic E-state index is 0.970. The van der Waals surface area contributed by atoms with Crippen molar-refractivity contribution in [3.63, 3.8) is 0 Å². The molecule has 0 aromatic carbocycles. The van der Waals surface area contributed by atoms with Crippen LogP contribution in [-0.2, 0) is 0 Å². The quantitative estimate of drug-likeness (QED) is 0.373. The number of hydrogen-bond donors (Lipinski definition) is 1. The fraction of sp³-hybridized carbons (Fsp3) is 0.500. The van der Waals surface area contributed by atoms with E-state index in [4.69, 9.17) is 5.11 Å². The zero-order valence-corrected chi connectivity index (χ0v) is 7.52. The monoisotopic (exact) mass is 152 g/mol. The van der Waals surface area contributed by atoms with E-state index in [2.05, 4.69) is 25.7 Å². The molecule has 0 spiro atoms. The molecule has 0 bridgehead atoms. The first-order valence-electron chi connectivity index (χ1n) is 3.85. The van der Waals surface area contributed by atoms with Crippen LogP contribution in [0.1, 0.15) is 33.6 Å². The summed E-state index contributed by atoms with van der Waals surface area (Å²) in [6.45, 7) is 6.13. The third-order valence-corrected chi connectivity index (χ3v) is 1.38. The Morgan fingerprint density at radius 2 is 2.00 bits per heavy atom. The molecule has 62 valence electrons. The number of hydrogen-bond acceptors (Lipinski definition) is 1. The van der Waals surface area contributed by atoms with Crippen LogP contribution in [0.3, 0.4) is 0 Å². The summed E-state index contributed by atoms with van der Waals surface area (Å²) in [6, 6.07) is 0. The fourth-order valence-electron chi connectivity index (χ4n) is 0.760. The van der Waals surface area contributed by atoms with E-state index < -0.39 is 0 Å². The second kappa shape index (κ2) is 5.82. The van der Waals surface area contributed by atoms with Crippen LogP contribution in [0, 0.1) is 0 Å². The third-order valence-electron chi connectivity index (χ3n) is 1.38. The molecule has 0 aromatic heterocycles. The molecule has 1 heteroatoms. The predicted molar refractivity (Wildman–Crippen MR) is 48.6 cm³/mol. The Balaban J connectivity index is 3.73. The molecule has 0 aliphatic heterocycles. The van der Waals surface area contributed by atoms with E-state index in [1.807, 2.05) is 6.92 Å². The van der Waals surface area contributed by atoms with Gasteiger partial charge < -0.3 is 5.11 Å². The Morgan fingerprint density at radius 3 is 2.45 bits per heavy atom. The lowest BCUT2D eigenvalue weighted by Crippen LogP contribution is -1.74. The molecule has 0 aliphatic carbocycles. The van der Waals surface area contributed by atoms with Crippen LogP contribution in [0.2, 0.25) is 0 Å². The van der Waals surface area contributed by atoms with Gasteiger partial charge in [0.05, 0.1) is 0 Å². The van der Waals surface area contributed by atoms with Crippen molar-refractivity contribution in [1.82, 2.24) is 0 Å². The molecule has 1 N–H and O–H groups in total. The summed E-state index contributed by atoms with van der Waals surface area (Å²) in [4.78, 5) is 0. The van der Waals surface area contributed by atoms with Crippen LogP contribution < -0.4 is 0 Å². The molecular formula is C10H16O. The highest BCUT2D eigenvalue weighted by Crippen LogP contribution is 2.04. The van der Waals surface area contributed by atoms with Crippen LogP contribution in [0.4, 0.5) is 0 Å². The highest BCUT2D eigenvalue weighted by atomic mass is 16.2. The highest BCUT2D eigenvalue weighted by molar-refractivity contribution is 5.00. The summed E-state index contributed by atoms with van der Waals surface area (Å²) in [5, 5.41) is 8.37. The van der Waals surface area contributed by atoms with E-state index in [0.29, 0.717) is 0 Å². The van der Waals surface area contributed by atoms with Crippen LogP contribution >= 0.6 is 0 Å². The van der Waals surface area contributed by atoms with Crippen LogP contribution in [-0.4, -0.2) is 5.11 Å². The number of allylic oxidation sites excluding steroid dienone is 3. The molecule has 0 fully saturated rings. The van der Waals surface area contributed by atoms with Crippen molar-refractivity contribution in [2.75, 3.05) is 0 Å². The molecule has 0 saturated carbocycles. The number of rotatable bonds is 3. The van der Waals surface area contributed by atoms with E-state index >= 15 is 0 Å². The van der Waals surface area contributed by atoms with Gasteiger partial charge in [-0.1, -0.05) is 17.4 Å². The summed E-state index contributed by atoms with van der Waals surface area (Å²) in [7, 11) is 0. The van der Waals surface area contributed by atoms with Crippen molar-refractivity contribution in [2.45, 2.75) is 33.6 Å². The van der Waals surface area contributed by atoms with Gasteiger partial charge in [-0.2, -0.15) is 0 Å². The first-order valence-corrected chi connectivity index (χ1v) is 3.85. The molecule has 0 aromatic rings. The average molecular weight is 152 g/mol. The Labute approximate surface area is 68.7 Å². The normalized spacial score (nSPS) is 8.27. The summed E-state index contributed by atoms with van der Waals surface area (Å²) in [5.74, 6) is 0. The van der Waals surface area contributed by atoms with Gasteiger partial charge in [0.25, 0.3) is 0 Å². The summed E-state index contributed by atoms with van der Waals surface area (Å²) in [5.41, 5.74) is 5.16. The predicted octanol–water partition coefficient (Wildman–Crippen LogP) is 3.35. The maximum Gasteiger partial charge on any atom is 0.121 e. The van der Waals surface area contributed by atoms with Gasteiger partial charge in [0.1, 0.15) is 6.26 Å². The summed E-state index contributed by atoms with van der Waals surface area (Å²) in [6.07, 6.45) is 5.16. The number of aliphatic hydroxyl groups excluding tert-OH is 1. The van der Waals surface area contributed by atoms with Crippen molar-refractivity contribution in [2.24, 2.45) is 0 Å². The van der Waals surface area contributed by atoms with Crippen molar-refractivity contribution < 1.29 is 5.11 Å². The van der Waals surface area contributed by atoms with Crippen LogP contribution in [0.15, 0.2) is 29.2 Å². The molecule has 0 atom stereocenters. The molecule has 0 unspecified atom stereocenters. The topological polar surface area (TPSA) is 20.2 Å². The molecule has 0 saturated heterocycles. The fourth-order valence-corrected chi connectivity index (χ4v) is 0.760. The van der Waals surface area contributed by atoms with Gasteiger partial charge in [-0.3, -0.25) is 0 Å². The highest BCUT2D eigenvalue weighted by Gasteiger charge is 1.85. The SMILES string of the molecule is CC(=C=CO)CCC=C(C)C. The van der Waals surface area contributed by atoms with Gasteiger partial charge in [-0.15, -0.1) is 0 Å². The smallest absolute Gasteiger partial charge is 0.121 e. The van der Waals surface area contributed by atoms with Gasteiger partial charge in [0, 0.05) is 0 Å². The second-order valence-corrected chi connectivity index (χ2v) is 2.87. The van der Waals surface area contributed by atoms with Gasteiger partial charge in [-0.05, 0) is 39.2 Å². The second-order valence-electron chi connectivity index (χ2n) is 2.87. The molecule has 0 rings (SSSR count). The third kappa shape index (κ3) is 6.95. The largest absolute Gasteiger partial charge is 0.507 e. The zero-order chi connectivity index (χ0) is 8.69. The summed E-state index contributed by atoms with van der Waals surface area (Å²) >= 11 is 0.